The predicted octanol–water partition coefficient (Wildman–Crippen LogP) is 5.39. The lowest BCUT2D eigenvalue weighted by Crippen LogP contribution is -2.15. The fourth-order valence-electron chi connectivity index (χ4n) is 2.80. The van der Waals surface area contributed by atoms with Crippen molar-refractivity contribution < 1.29 is 14.0 Å². The Morgan fingerprint density at radius 2 is 1.61 bits per heavy atom. The topological polar surface area (TPSA) is 71.3 Å². The van der Waals surface area contributed by atoms with Crippen LogP contribution < -0.4 is 10.6 Å². The molecule has 0 bridgehead atoms. The molecule has 0 aliphatic carbocycles. The van der Waals surface area contributed by atoms with Crippen LogP contribution >= 0.6 is 0 Å². The van der Waals surface area contributed by atoms with Crippen molar-refractivity contribution in [1.29, 1.82) is 0 Å². The zero-order chi connectivity index (χ0) is 20.3. The van der Waals surface area contributed by atoms with Crippen LogP contribution in [0.15, 0.2) is 65.3 Å². The van der Waals surface area contributed by atoms with Crippen LogP contribution in [0.4, 0.5) is 11.4 Å². The number of benzene rings is 2. The number of anilines is 2. The number of aryl methyl sites for hydroxylation is 1. The van der Waals surface area contributed by atoms with Crippen molar-refractivity contribution in [1.82, 2.24) is 0 Å². The first kappa shape index (κ1) is 19.4. The molecule has 0 radical (unpaired) electrons. The van der Waals surface area contributed by atoms with Crippen LogP contribution in [-0.4, -0.2) is 11.8 Å². The lowest BCUT2D eigenvalue weighted by atomic mass is 9.87. The standard InChI is InChI=1S/C23H24N2O3/c1-15-14-18(11-12-19(15)25-22(27)20-6-5-13-28-20)24-21(26)16-7-9-17(10-8-16)23(2,3)4/h5-14H,1-4H3,(H,24,26)(H,25,27). The molecule has 0 spiro atoms. The monoisotopic (exact) mass is 376 g/mol. The summed E-state index contributed by atoms with van der Waals surface area (Å²) in [4.78, 5) is 24.6. The van der Waals surface area contributed by atoms with Crippen molar-refractivity contribution in [3.8, 4) is 0 Å². The minimum atomic E-state index is -0.316. The van der Waals surface area contributed by atoms with Gasteiger partial charge in [0.15, 0.2) is 5.76 Å². The quantitative estimate of drug-likeness (QED) is 0.641. The van der Waals surface area contributed by atoms with E-state index in [-0.39, 0.29) is 23.0 Å². The summed E-state index contributed by atoms with van der Waals surface area (Å²) in [6.07, 6.45) is 1.45. The number of carbonyl (C=O) groups excluding carboxylic acids is 2. The molecule has 2 aromatic carbocycles. The first-order valence-electron chi connectivity index (χ1n) is 9.11. The Labute approximate surface area is 164 Å². The highest BCUT2D eigenvalue weighted by molar-refractivity contribution is 6.05. The van der Waals surface area contributed by atoms with Gasteiger partial charge in [-0.1, -0.05) is 32.9 Å². The first-order chi connectivity index (χ1) is 13.2. The molecule has 0 aliphatic heterocycles. The molecule has 3 rings (SSSR count). The molecule has 5 nitrogen and oxygen atoms in total. The summed E-state index contributed by atoms with van der Waals surface area (Å²) in [5.74, 6) is -0.244. The molecule has 28 heavy (non-hydrogen) atoms. The number of carbonyl (C=O) groups is 2. The van der Waals surface area contributed by atoms with Gasteiger partial charge in [0, 0.05) is 16.9 Å². The van der Waals surface area contributed by atoms with Crippen molar-refractivity contribution >= 4 is 23.2 Å². The third-order valence-electron chi connectivity index (χ3n) is 4.49. The summed E-state index contributed by atoms with van der Waals surface area (Å²) in [7, 11) is 0. The van der Waals surface area contributed by atoms with E-state index in [4.69, 9.17) is 4.42 Å². The minimum absolute atomic E-state index is 0.0437. The summed E-state index contributed by atoms with van der Waals surface area (Å²) in [6, 6.07) is 16.2. The highest BCUT2D eigenvalue weighted by Gasteiger charge is 2.15. The van der Waals surface area contributed by atoms with Gasteiger partial charge in [0.05, 0.1) is 6.26 Å². The second-order valence-corrected chi connectivity index (χ2v) is 7.74. The van der Waals surface area contributed by atoms with Crippen molar-refractivity contribution in [2.24, 2.45) is 0 Å². The molecule has 1 heterocycles. The molecule has 1 aromatic heterocycles. The highest BCUT2D eigenvalue weighted by atomic mass is 16.3. The maximum atomic E-state index is 12.5. The number of rotatable bonds is 4. The summed E-state index contributed by atoms with van der Waals surface area (Å²) in [5, 5.41) is 5.69. The average molecular weight is 376 g/mol. The van der Waals surface area contributed by atoms with E-state index in [1.54, 1.807) is 24.3 Å². The fourth-order valence-corrected chi connectivity index (χ4v) is 2.80. The molecule has 0 atom stereocenters. The van der Waals surface area contributed by atoms with Crippen LogP contribution in [0, 0.1) is 6.92 Å². The van der Waals surface area contributed by atoms with Crippen molar-refractivity contribution in [2.45, 2.75) is 33.1 Å². The fraction of sp³-hybridized carbons (Fsp3) is 0.217. The molecule has 0 saturated carbocycles. The van der Waals surface area contributed by atoms with Crippen LogP contribution in [0.5, 0.6) is 0 Å². The van der Waals surface area contributed by atoms with E-state index in [0.717, 1.165) is 5.56 Å². The summed E-state index contributed by atoms with van der Waals surface area (Å²) < 4.78 is 5.09. The number of furan rings is 1. The van der Waals surface area contributed by atoms with Crippen LogP contribution in [0.3, 0.4) is 0 Å². The molecule has 0 unspecified atom stereocenters. The Bertz CT molecular complexity index is 982. The molecular weight excluding hydrogens is 352 g/mol. The van der Waals surface area contributed by atoms with Gasteiger partial charge in [0.1, 0.15) is 0 Å². The molecule has 2 amide bonds. The molecule has 0 saturated heterocycles. The molecule has 0 aliphatic rings. The molecule has 144 valence electrons. The van der Waals surface area contributed by atoms with Gasteiger partial charge in [0.25, 0.3) is 11.8 Å². The van der Waals surface area contributed by atoms with E-state index < -0.39 is 0 Å². The van der Waals surface area contributed by atoms with Gasteiger partial charge < -0.3 is 15.1 Å². The summed E-state index contributed by atoms with van der Waals surface area (Å²) in [6.45, 7) is 8.27. The van der Waals surface area contributed by atoms with E-state index >= 15 is 0 Å². The Hall–Kier alpha value is -3.34. The number of amides is 2. The molecule has 5 heteroatoms. The summed E-state index contributed by atoms with van der Waals surface area (Å²) in [5.41, 5.74) is 3.98. The Morgan fingerprint density at radius 3 is 2.18 bits per heavy atom. The summed E-state index contributed by atoms with van der Waals surface area (Å²) >= 11 is 0. The molecule has 3 aromatic rings. The minimum Gasteiger partial charge on any atom is -0.459 e. The lowest BCUT2D eigenvalue weighted by Gasteiger charge is -2.19. The van der Waals surface area contributed by atoms with Gasteiger partial charge in [-0.2, -0.15) is 0 Å². The van der Waals surface area contributed by atoms with Gasteiger partial charge in [-0.3, -0.25) is 9.59 Å². The van der Waals surface area contributed by atoms with Gasteiger partial charge in [-0.25, -0.2) is 0 Å². The molecule has 0 fully saturated rings. The van der Waals surface area contributed by atoms with E-state index in [2.05, 4.69) is 31.4 Å². The Kier molecular flexibility index (Phi) is 5.36. The third-order valence-corrected chi connectivity index (χ3v) is 4.49. The maximum Gasteiger partial charge on any atom is 0.291 e. The largest absolute Gasteiger partial charge is 0.459 e. The average Bonchev–Trinajstić information content (AvgIpc) is 3.18. The number of nitrogens with one attached hydrogen (secondary N) is 2. The first-order valence-corrected chi connectivity index (χ1v) is 9.11. The van der Waals surface area contributed by atoms with Crippen LogP contribution in [-0.2, 0) is 5.41 Å². The zero-order valence-electron chi connectivity index (χ0n) is 16.5. The predicted molar refractivity (Wildman–Crippen MR) is 111 cm³/mol. The molecular formula is C23H24N2O3. The van der Waals surface area contributed by atoms with Crippen LogP contribution in [0.25, 0.3) is 0 Å². The highest BCUT2D eigenvalue weighted by Crippen LogP contribution is 2.24. The van der Waals surface area contributed by atoms with Crippen molar-refractivity contribution in [2.75, 3.05) is 10.6 Å². The SMILES string of the molecule is Cc1cc(NC(=O)c2ccc(C(C)(C)C)cc2)ccc1NC(=O)c1ccco1. The number of hydrogen-bond acceptors (Lipinski definition) is 3. The second kappa shape index (κ2) is 7.72. The zero-order valence-corrected chi connectivity index (χ0v) is 16.5. The van der Waals surface area contributed by atoms with E-state index in [1.165, 1.54) is 11.8 Å². The third kappa shape index (κ3) is 4.49. The Morgan fingerprint density at radius 1 is 0.893 bits per heavy atom. The van der Waals surface area contributed by atoms with Gasteiger partial charge in [-0.05, 0) is 65.9 Å². The number of hydrogen-bond donors (Lipinski definition) is 2. The Balaban J connectivity index is 1.68. The normalized spacial score (nSPS) is 11.1. The van der Waals surface area contributed by atoms with Gasteiger partial charge in [0.2, 0.25) is 0 Å². The second-order valence-electron chi connectivity index (χ2n) is 7.74. The van der Waals surface area contributed by atoms with Crippen LogP contribution in [0.2, 0.25) is 0 Å². The maximum absolute atomic E-state index is 12.5. The lowest BCUT2D eigenvalue weighted by molar-refractivity contribution is 0.0994. The van der Waals surface area contributed by atoms with Crippen molar-refractivity contribution in [3.63, 3.8) is 0 Å². The van der Waals surface area contributed by atoms with E-state index in [9.17, 15) is 9.59 Å². The smallest absolute Gasteiger partial charge is 0.291 e. The van der Waals surface area contributed by atoms with Gasteiger partial charge in [-0.15, -0.1) is 0 Å². The van der Waals surface area contributed by atoms with Gasteiger partial charge >= 0.3 is 0 Å². The van der Waals surface area contributed by atoms with E-state index in [1.807, 2.05) is 37.3 Å². The van der Waals surface area contributed by atoms with E-state index in [0.29, 0.717) is 16.9 Å². The van der Waals surface area contributed by atoms with Crippen molar-refractivity contribution in [3.05, 3.63) is 83.3 Å². The van der Waals surface area contributed by atoms with Crippen LogP contribution in [0.1, 0.15) is 52.8 Å². The molecule has 2 N–H and O–H groups in total.